The van der Waals surface area contributed by atoms with Crippen LogP contribution in [0.5, 0.6) is 0 Å². The molecule has 136 valence electrons. The van der Waals surface area contributed by atoms with Crippen LogP contribution in [0.4, 0.5) is 11.4 Å². The van der Waals surface area contributed by atoms with Crippen molar-refractivity contribution in [3.8, 4) is 11.3 Å². The molecule has 3 aromatic rings. The number of carbonyl (C=O) groups excluding carboxylic acids is 1. The van der Waals surface area contributed by atoms with Crippen molar-refractivity contribution < 1.29 is 9.72 Å². The summed E-state index contributed by atoms with van der Waals surface area (Å²) in [6.07, 6.45) is 0. The number of nitro benzene ring substituents is 1. The van der Waals surface area contributed by atoms with Gasteiger partial charge in [0.25, 0.3) is 11.2 Å². The molecule has 0 saturated heterocycles. The number of nitrogens with one attached hydrogen (secondary N) is 1. The highest BCUT2D eigenvalue weighted by atomic mass is 35.5. The van der Waals surface area contributed by atoms with E-state index < -0.39 is 16.4 Å². The van der Waals surface area contributed by atoms with E-state index in [2.05, 4.69) is 10.4 Å². The molecular weight excluding hydrogens is 372 g/mol. The molecule has 2 aromatic carbocycles. The molecular formula is C18H13ClN4O4. The maximum Gasteiger partial charge on any atom is 0.269 e. The minimum atomic E-state index is -0.501. The minimum absolute atomic E-state index is 0.0468. The van der Waals surface area contributed by atoms with Crippen molar-refractivity contribution in [2.45, 2.75) is 6.54 Å². The molecule has 27 heavy (non-hydrogen) atoms. The summed E-state index contributed by atoms with van der Waals surface area (Å²) in [7, 11) is 0. The number of benzene rings is 2. The molecule has 8 nitrogen and oxygen atoms in total. The first-order valence-electron chi connectivity index (χ1n) is 7.81. The summed E-state index contributed by atoms with van der Waals surface area (Å²) in [5.74, 6) is -0.423. The minimum Gasteiger partial charge on any atom is -0.324 e. The van der Waals surface area contributed by atoms with Crippen molar-refractivity contribution in [1.82, 2.24) is 9.78 Å². The fourth-order valence-corrected chi connectivity index (χ4v) is 2.47. The van der Waals surface area contributed by atoms with Crippen LogP contribution in [-0.4, -0.2) is 20.6 Å². The molecule has 3 rings (SSSR count). The number of amides is 1. The van der Waals surface area contributed by atoms with Crippen LogP contribution < -0.4 is 10.9 Å². The van der Waals surface area contributed by atoms with Gasteiger partial charge in [0.2, 0.25) is 5.91 Å². The molecule has 0 spiro atoms. The molecule has 0 aliphatic heterocycles. The van der Waals surface area contributed by atoms with Gasteiger partial charge in [-0.1, -0.05) is 11.6 Å². The Labute approximate surface area is 158 Å². The van der Waals surface area contributed by atoms with Gasteiger partial charge in [-0.05, 0) is 42.5 Å². The van der Waals surface area contributed by atoms with Crippen LogP contribution in [0.15, 0.2) is 65.5 Å². The van der Waals surface area contributed by atoms with E-state index in [1.165, 1.54) is 36.4 Å². The van der Waals surface area contributed by atoms with Crippen molar-refractivity contribution in [2.75, 3.05) is 5.32 Å². The maximum absolute atomic E-state index is 12.2. The molecule has 0 saturated carbocycles. The number of aromatic nitrogens is 2. The summed E-state index contributed by atoms with van der Waals surface area (Å²) in [6.45, 7) is -0.276. The van der Waals surface area contributed by atoms with E-state index in [0.29, 0.717) is 22.0 Å². The van der Waals surface area contributed by atoms with E-state index in [-0.39, 0.29) is 12.2 Å². The highest BCUT2D eigenvalue weighted by molar-refractivity contribution is 6.30. The van der Waals surface area contributed by atoms with Gasteiger partial charge in [-0.15, -0.1) is 0 Å². The first-order chi connectivity index (χ1) is 12.9. The van der Waals surface area contributed by atoms with Gasteiger partial charge >= 0.3 is 0 Å². The van der Waals surface area contributed by atoms with Crippen LogP contribution >= 0.6 is 11.6 Å². The summed E-state index contributed by atoms with van der Waals surface area (Å²) >= 11 is 5.80. The lowest BCUT2D eigenvalue weighted by atomic mass is 10.1. The van der Waals surface area contributed by atoms with Crippen LogP contribution in [0.3, 0.4) is 0 Å². The molecule has 1 aromatic heterocycles. The average molecular weight is 385 g/mol. The van der Waals surface area contributed by atoms with Crippen molar-refractivity contribution >= 4 is 28.9 Å². The molecule has 0 radical (unpaired) electrons. The van der Waals surface area contributed by atoms with Gasteiger partial charge < -0.3 is 5.32 Å². The SMILES string of the molecule is O=C(Cn1nc(-c2ccc([N+](=O)[O-])cc2)ccc1=O)Nc1ccc(Cl)cc1. The third-order valence-electron chi connectivity index (χ3n) is 3.66. The maximum atomic E-state index is 12.2. The molecule has 0 unspecified atom stereocenters. The van der Waals surface area contributed by atoms with E-state index >= 15 is 0 Å². The zero-order chi connectivity index (χ0) is 19.4. The van der Waals surface area contributed by atoms with Crippen molar-refractivity contribution in [3.05, 3.63) is 86.2 Å². The number of hydrogen-bond acceptors (Lipinski definition) is 5. The van der Waals surface area contributed by atoms with E-state index in [9.17, 15) is 19.7 Å². The molecule has 0 bridgehead atoms. The Morgan fingerprint density at radius 1 is 1.07 bits per heavy atom. The number of non-ortho nitro benzene ring substituents is 1. The topological polar surface area (TPSA) is 107 Å². The zero-order valence-electron chi connectivity index (χ0n) is 13.8. The molecule has 0 aliphatic carbocycles. The van der Waals surface area contributed by atoms with Crippen LogP contribution in [0.2, 0.25) is 5.02 Å². The third kappa shape index (κ3) is 4.56. The van der Waals surface area contributed by atoms with E-state index in [4.69, 9.17) is 11.6 Å². The lowest BCUT2D eigenvalue weighted by Crippen LogP contribution is -2.29. The van der Waals surface area contributed by atoms with E-state index in [1.807, 2.05) is 0 Å². The summed E-state index contributed by atoms with van der Waals surface area (Å²) < 4.78 is 1.03. The Bertz CT molecular complexity index is 1050. The smallest absolute Gasteiger partial charge is 0.269 e. The largest absolute Gasteiger partial charge is 0.324 e. The number of hydrogen-bond donors (Lipinski definition) is 1. The third-order valence-corrected chi connectivity index (χ3v) is 3.91. The zero-order valence-corrected chi connectivity index (χ0v) is 14.6. The normalized spacial score (nSPS) is 10.4. The Balaban J connectivity index is 1.78. The number of carbonyl (C=O) groups is 1. The van der Waals surface area contributed by atoms with Crippen molar-refractivity contribution in [2.24, 2.45) is 0 Å². The standard InChI is InChI=1S/C18H13ClN4O4/c19-13-3-5-14(6-4-13)20-17(24)11-22-18(25)10-9-16(21-22)12-1-7-15(8-2-12)23(26)27/h1-10H,11H2,(H,20,24). The monoisotopic (exact) mass is 384 g/mol. The fraction of sp³-hybridized carbons (Fsp3) is 0.0556. The second-order valence-corrected chi connectivity index (χ2v) is 6.01. The van der Waals surface area contributed by atoms with Crippen molar-refractivity contribution in [1.29, 1.82) is 0 Å². The summed E-state index contributed by atoms with van der Waals surface area (Å²) in [5, 5.41) is 18.1. The number of halogens is 1. The average Bonchev–Trinajstić information content (AvgIpc) is 2.65. The van der Waals surface area contributed by atoms with Gasteiger partial charge in [0.15, 0.2) is 0 Å². The predicted octanol–water partition coefficient (Wildman–Crippen LogP) is 3.11. The molecule has 0 aliphatic rings. The number of rotatable bonds is 5. The molecule has 0 fully saturated rings. The van der Waals surface area contributed by atoms with Crippen LogP contribution in [-0.2, 0) is 11.3 Å². The first-order valence-corrected chi connectivity index (χ1v) is 8.18. The van der Waals surface area contributed by atoms with Gasteiger partial charge in [-0.2, -0.15) is 5.10 Å². The highest BCUT2D eigenvalue weighted by Crippen LogP contribution is 2.19. The van der Waals surface area contributed by atoms with Gasteiger partial charge in [-0.3, -0.25) is 19.7 Å². The second-order valence-electron chi connectivity index (χ2n) is 5.57. The Morgan fingerprint density at radius 2 is 1.74 bits per heavy atom. The molecule has 1 heterocycles. The second kappa shape index (κ2) is 7.79. The van der Waals surface area contributed by atoms with E-state index in [0.717, 1.165) is 4.68 Å². The van der Waals surface area contributed by atoms with E-state index in [1.54, 1.807) is 24.3 Å². The number of anilines is 1. The summed E-state index contributed by atoms with van der Waals surface area (Å²) in [5.41, 5.74) is 1.07. The molecule has 9 heteroatoms. The predicted molar refractivity (Wildman–Crippen MR) is 101 cm³/mol. The van der Waals surface area contributed by atoms with Gasteiger partial charge in [0.1, 0.15) is 6.54 Å². The van der Waals surface area contributed by atoms with Gasteiger partial charge in [-0.25, -0.2) is 4.68 Å². The number of nitro groups is 1. The quantitative estimate of drug-likeness (QED) is 0.537. The number of nitrogens with zero attached hydrogens (tertiary/aromatic N) is 3. The van der Waals surface area contributed by atoms with Gasteiger partial charge in [0, 0.05) is 34.5 Å². The Hall–Kier alpha value is -3.52. The molecule has 1 amide bonds. The highest BCUT2D eigenvalue weighted by Gasteiger charge is 2.10. The fourth-order valence-electron chi connectivity index (χ4n) is 2.34. The van der Waals surface area contributed by atoms with Crippen LogP contribution in [0.25, 0.3) is 11.3 Å². The lowest BCUT2D eigenvalue weighted by Gasteiger charge is -2.08. The van der Waals surface area contributed by atoms with Crippen LogP contribution in [0, 0.1) is 10.1 Å². The Kier molecular flexibility index (Phi) is 5.28. The van der Waals surface area contributed by atoms with Crippen LogP contribution in [0.1, 0.15) is 0 Å². The molecule has 0 atom stereocenters. The lowest BCUT2D eigenvalue weighted by molar-refractivity contribution is -0.384. The Morgan fingerprint density at radius 3 is 2.37 bits per heavy atom. The summed E-state index contributed by atoms with van der Waals surface area (Å²) in [6, 6.07) is 15.1. The van der Waals surface area contributed by atoms with Gasteiger partial charge in [0.05, 0.1) is 10.6 Å². The first kappa shape index (κ1) is 18.3. The summed E-state index contributed by atoms with van der Waals surface area (Å²) in [4.78, 5) is 34.4. The molecule has 1 N–H and O–H groups in total. The van der Waals surface area contributed by atoms with Crippen molar-refractivity contribution in [3.63, 3.8) is 0 Å².